The summed E-state index contributed by atoms with van der Waals surface area (Å²) in [5.74, 6) is 0.788. The Balaban J connectivity index is 2.62. The molecular formula is C14H21NO2. The summed E-state index contributed by atoms with van der Waals surface area (Å²) in [6.45, 7) is 8.09. The van der Waals surface area contributed by atoms with Crippen molar-refractivity contribution in [3.8, 4) is 5.75 Å². The second-order valence-corrected chi connectivity index (χ2v) is 4.59. The van der Waals surface area contributed by atoms with E-state index < -0.39 is 0 Å². The van der Waals surface area contributed by atoms with Crippen LogP contribution in [0.4, 0.5) is 0 Å². The fraction of sp³-hybridized carbons (Fsp3) is 0.500. The molecule has 1 amide bonds. The zero-order valence-corrected chi connectivity index (χ0v) is 11.3. The average molecular weight is 235 g/mol. The summed E-state index contributed by atoms with van der Waals surface area (Å²) in [5.41, 5.74) is 2.26. The normalized spacial score (nSPS) is 10.5. The predicted molar refractivity (Wildman–Crippen MR) is 69.3 cm³/mol. The van der Waals surface area contributed by atoms with Crippen molar-refractivity contribution in [1.82, 2.24) is 4.90 Å². The number of ether oxygens (including phenoxy) is 1. The molecule has 3 nitrogen and oxygen atoms in total. The van der Waals surface area contributed by atoms with E-state index in [4.69, 9.17) is 4.74 Å². The van der Waals surface area contributed by atoms with Crippen LogP contribution in [0.2, 0.25) is 0 Å². The van der Waals surface area contributed by atoms with E-state index in [1.54, 1.807) is 11.9 Å². The molecule has 3 heteroatoms. The van der Waals surface area contributed by atoms with Gasteiger partial charge in [0.25, 0.3) is 5.91 Å². The summed E-state index contributed by atoms with van der Waals surface area (Å²) in [5, 5.41) is 0. The second kappa shape index (κ2) is 5.71. The molecule has 0 aliphatic carbocycles. The van der Waals surface area contributed by atoms with Crippen LogP contribution in [0.3, 0.4) is 0 Å². The maximum atomic E-state index is 11.8. The second-order valence-electron chi connectivity index (χ2n) is 4.59. The quantitative estimate of drug-likeness (QED) is 0.802. The van der Waals surface area contributed by atoms with Crippen LogP contribution in [0.5, 0.6) is 5.75 Å². The molecule has 0 unspecified atom stereocenters. The Bertz CT molecular complexity index is 399. The van der Waals surface area contributed by atoms with Crippen molar-refractivity contribution in [3.63, 3.8) is 0 Å². The molecule has 0 N–H and O–H groups in total. The number of carbonyl (C=O) groups excluding carboxylic acids is 1. The lowest BCUT2D eigenvalue weighted by Crippen LogP contribution is -2.36. The average Bonchev–Trinajstić information content (AvgIpc) is 2.29. The number of rotatable bonds is 4. The molecule has 1 aromatic carbocycles. The van der Waals surface area contributed by atoms with Crippen molar-refractivity contribution < 1.29 is 9.53 Å². The Hall–Kier alpha value is -1.51. The molecule has 0 bridgehead atoms. The molecule has 0 aliphatic heterocycles. The van der Waals surface area contributed by atoms with E-state index in [1.165, 1.54) is 5.56 Å². The van der Waals surface area contributed by atoms with Crippen LogP contribution in [0, 0.1) is 13.8 Å². The Kier molecular flexibility index (Phi) is 4.55. The van der Waals surface area contributed by atoms with Gasteiger partial charge in [-0.2, -0.15) is 0 Å². The summed E-state index contributed by atoms with van der Waals surface area (Å²) < 4.78 is 5.56. The largest absolute Gasteiger partial charge is 0.483 e. The summed E-state index contributed by atoms with van der Waals surface area (Å²) in [4.78, 5) is 13.4. The third kappa shape index (κ3) is 3.48. The number of aryl methyl sites for hydroxylation is 1. The molecule has 0 heterocycles. The third-order valence-corrected chi connectivity index (χ3v) is 3.07. The lowest BCUT2D eigenvalue weighted by molar-refractivity contribution is -0.133. The van der Waals surface area contributed by atoms with Gasteiger partial charge in [0.2, 0.25) is 0 Å². The van der Waals surface area contributed by atoms with Crippen molar-refractivity contribution in [2.75, 3.05) is 13.7 Å². The van der Waals surface area contributed by atoms with E-state index >= 15 is 0 Å². The third-order valence-electron chi connectivity index (χ3n) is 3.07. The summed E-state index contributed by atoms with van der Waals surface area (Å²) in [6, 6.07) is 6.06. The monoisotopic (exact) mass is 235 g/mol. The number of benzene rings is 1. The van der Waals surface area contributed by atoms with Gasteiger partial charge in [-0.15, -0.1) is 0 Å². The number of hydrogen-bond donors (Lipinski definition) is 0. The first-order chi connectivity index (χ1) is 7.93. The van der Waals surface area contributed by atoms with Crippen LogP contribution in [-0.4, -0.2) is 30.5 Å². The van der Waals surface area contributed by atoms with E-state index in [2.05, 4.69) is 0 Å². The topological polar surface area (TPSA) is 29.5 Å². The Morgan fingerprint density at radius 3 is 2.59 bits per heavy atom. The van der Waals surface area contributed by atoms with E-state index in [0.717, 1.165) is 11.3 Å². The van der Waals surface area contributed by atoms with Gasteiger partial charge in [0.1, 0.15) is 5.75 Å². The first kappa shape index (κ1) is 13.6. The molecular weight excluding hydrogens is 214 g/mol. The first-order valence-corrected chi connectivity index (χ1v) is 5.88. The number of nitrogens with zero attached hydrogens (tertiary/aromatic N) is 1. The highest BCUT2D eigenvalue weighted by atomic mass is 16.5. The fourth-order valence-electron chi connectivity index (χ4n) is 1.41. The van der Waals surface area contributed by atoms with Gasteiger partial charge in [-0.05, 0) is 44.9 Å². The number of amides is 1. The van der Waals surface area contributed by atoms with Crippen LogP contribution in [0.15, 0.2) is 18.2 Å². The van der Waals surface area contributed by atoms with Gasteiger partial charge in [0, 0.05) is 13.1 Å². The van der Waals surface area contributed by atoms with Gasteiger partial charge < -0.3 is 9.64 Å². The van der Waals surface area contributed by atoms with Gasteiger partial charge in [-0.25, -0.2) is 0 Å². The number of hydrogen-bond acceptors (Lipinski definition) is 2. The molecule has 1 aromatic rings. The van der Waals surface area contributed by atoms with Crippen LogP contribution < -0.4 is 4.74 Å². The molecule has 0 fully saturated rings. The molecule has 0 radical (unpaired) electrons. The summed E-state index contributed by atoms with van der Waals surface area (Å²) in [6.07, 6.45) is 0. The minimum atomic E-state index is 0.000839. The molecule has 0 spiro atoms. The van der Waals surface area contributed by atoms with Gasteiger partial charge in [0.15, 0.2) is 6.61 Å². The van der Waals surface area contributed by atoms with Gasteiger partial charge >= 0.3 is 0 Å². The van der Waals surface area contributed by atoms with Crippen molar-refractivity contribution in [3.05, 3.63) is 29.3 Å². The van der Waals surface area contributed by atoms with Gasteiger partial charge in [0.05, 0.1) is 0 Å². The van der Waals surface area contributed by atoms with Crippen molar-refractivity contribution in [2.24, 2.45) is 0 Å². The Morgan fingerprint density at radius 1 is 1.35 bits per heavy atom. The molecule has 94 valence electrons. The SMILES string of the molecule is Cc1cccc(OCC(=O)N(C)C(C)C)c1C. The van der Waals surface area contributed by atoms with Crippen LogP contribution in [0.25, 0.3) is 0 Å². The lowest BCUT2D eigenvalue weighted by Gasteiger charge is -2.21. The summed E-state index contributed by atoms with van der Waals surface area (Å²) in [7, 11) is 1.79. The zero-order chi connectivity index (χ0) is 13.0. The highest BCUT2D eigenvalue weighted by molar-refractivity contribution is 5.77. The first-order valence-electron chi connectivity index (χ1n) is 5.88. The highest BCUT2D eigenvalue weighted by Gasteiger charge is 2.13. The van der Waals surface area contributed by atoms with E-state index in [1.807, 2.05) is 45.9 Å². The van der Waals surface area contributed by atoms with Crippen LogP contribution in [0.1, 0.15) is 25.0 Å². The van der Waals surface area contributed by atoms with E-state index in [-0.39, 0.29) is 18.6 Å². The van der Waals surface area contributed by atoms with Gasteiger partial charge in [-0.3, -0.25) is 4.79 Å². The fourth-order valence-corrected chi connectivity index (χ4v) is 1.41. The maximum Gasteiger partial charge on any atom is 0.260 e. The predicted octanol–water partition coefficient (Wildman–Crippen LogP) is 2.55. The van der Waals surface area contributed by atoms with Crippen LogP contribution in [-0.2, 0) is 4.79 Å². The molecule has 0 atom stereocenters. The Morgan fingerprint density at radius 2 is 2.00 bits per heavy atom. The van der Waals surface area contributed by atoms with E-state index in [9.17, 15) is 4.79 Å². The molecule has 1 rings (SSSR count). The van der Waals surface area contributed by atoms with Crippen molar-refractivity contribution in [2.45, 2.75) is 33.7 Å². The smallest absolute Gasteiger partial charge is 0.260 e. The minimum Gasteiger partial charge on any atom is -0.483 e. The lowest BCUT2D eigenvalue weighted by atomic mass is 10.1. The molecule has 17 heavy (non-hydrogen) atoms. The molecule has 0 saturated heterocycles. The Labute approximate surface area is 103 Å². The van der Waals surface area contributed by atoms with Crippen LogP contribution >= 0.6 is 0 Å². The molecule has 0 saturated carbocycles. The van der Waals surface area contributed by atoms with E-state index in [0.29, 0.717) is 0 Å². The summed E-state index contributed by atoms with van der Waals surface area (Å²) >= 11 is 0. The standard InChI is InChI=1S/C14H21NO2/c1-10(2)15(5)14(16)9-17-13-8-6-7-11(3)12(13)4/h6-8,10H,9H2,1-5H3. The molecule has 0 aliphatic rings. The minimum absolute atomic E-state index is 0.000839. The number of likely N-dealkylation sites (N-methyl/N-ethyl adjacent to an activating group) is 1. The molecule has 0 aromatic heterocycles. The van der Waals surface area contributed by atoms with Crippen molar-refractivity contribution in [1.29, 1.82) is 0 Å². The highest BCUT2D eigenvalue weighted by Crippen LogP contribution is 2.20. The van der Waals surface area contributed by atoms with Crippen molar-refractivity contribution >= 4 is 5.91 Å². The number of carbonyl (C=O) groups is 1. The maximum absolute atomic E-state index is 11.8. The van der Waals surface area contributed by atoms with Gasteiger partial charge in [-0.1, -0.05) is 12.1 Å². The zero-order valence-electron chi connectivity index (χ0n) is 11.3.